The van der Waals surface area contributed by atoms with E-state index in [0.29, 0.717) is 65.9 Å². The number of anilines is 1. The van der Waals surface area contributed by atoms with Gasteiger partial charge in [-0.05, 0) is 42.8 Å². The molecule has 5 rings (SSSR count). The van der Waals surface area contributed by atoms with E-state index >= 15 is 0 Å². The molecule has 2 aliphatic heterocycles. The Hall–Kier alpha value is -3.57. The number of Topliss-reactive ketones (excluding diaryl/α,β-unsaturated/α-hetero) is 1. The maximum absolute atomic E-state index is 13.4. The quantitative estimate of drug-likeness (QED) is 0.454. The molecule has 1 N–H and O–H groups in total. The number of carbonyl (C=O) groups excluding carboxylic acids is 4. The molecule has 1 unspecified atom stereocenters. The Balaban J connectivity index is 1.24. The van der Waals surface area contributed by atoms with Gasteiger partial charge in [-0.3, -0.25) is 24.1 Å². The van der Waals surface area contributed by atoms with E-state index in [0.717, 1.165) is 0 Å². The average Bonchev–Trinajstić information content (AvgIpc) is 3.71. The summed E-state index contributed by atoms with van der Waals surface area (Å²) in [5.74, 6) is 0.177. The highest BCUT2D eigenvalue weighted by molar-refractivity contribution is 7.14. The molecule has 9 nitrogen and oxygen atoms in total. The van der Waals surface area contributed by atoms with E-state index in [2.05, 4.69) is 10.3 Å². The molecule has 1 aromatic carbocycles. The van der Waals surface area contributed by atoms with Gasteiger partial charge in [-0.15, -0.1) is 22.7 Å². The topological polar surface area (TPSA) is 109 Å². The summed E-state index contributed by atoms with van der Waals surface area (Å²) in [6, 6.07) is 10.7. The van der Waals surface area contributed by atoms with Crippen LogP contribution >= 0.6 is 22.7 Å². The summed E-state index contributed by atoms with van der Waals surface area (Å²) >= 11 is 2.62. The lowest BCUT2D eigenvalue weighted by molar-refractivity contribution is -0.135. The summed E-state index contributed by atoms with van der Waals surface area (Å²) in [5.41, 5.74) is 0.988. The van der Waals surface area contributed by atoms with Crippen LogP contribution in [0, 0.1) is 5.92 Å². The van der Waals surface area contributed by atoms with Gasteiger partial charge in [0, 0.05) is 44.4 Å². The summed E-state index contributed by atoms with van der Waals surface area (Å²) in [7, 11) is 1.63. The third-order valence-electron chi connectivity index (χ3n) is 6.86. The second-order valence-corrected chi connectivity index (χ2v) is 11.0. The van der Waals surface area contributed by atoms with E-state index in [1.54, 1.807) is 46.5 Å². The first-order chi connectivity index (χ1) is 18.5. The molecule has 0 bridgehead atoms. The first kappa shape index (κ1) is 26.1. The van der Waals surface area contributed by atoms with Gasteiger partial charge in [-0.1, -0.05) is 18.2 Å². The van der Waals surface area contributed by atoms with Crippen LogP contribution in [0.4, 0.5) is 5.13 Å². The van der Waals surface area contributed by atoms with Crippen LogP contribution in [-0.4, -0.2) is 60.1 Å². The lowest BCUT2D eigenvalue weighted by Crippen LogP contribution is -2.42. The van der Waals surface area contributed by atoms with E-state index in [1.807, 2.05) is 17.5 Å². The molecular formula is C27H28N4O5S2. The van der Waals surface area contributed by atoms with Crippen molar-refractivity contribution in [3.05, 3.63) is 63.3 Å². The van der Waals surface area contributed by atoms with Gasteiger partial charge in [0.05, 0.1) is 10.4 Å². The second-order valence-electron chi connectivity index (χ2n) is 9.22. The number of rotatable bonds is 8. The Morgan fingerprint density at radius 1 is 1.13 bits per heavy atom. The van der Waals surface area contributed by atoms with Crippen molar-refractivity contribution >= 4 is 51.3 Å². The molecule has 1 saturated heterocycles. The molecule has 0 spiro atoms. The summed E-state index contributed by atoms with van der Waals surface area (Å²) < 4.78 is 5.86. The molecule has 2 aliphatic rings. The summed E-state index contributed by atoms with van der Waals surface area (Å²) in [5, 5.41) is 6.73. The Bertz CT molecular complexity index is 1330. The van der Waals surface area contributed by atoms with Crippen LogP contribution in [0.5, 0.6) is 5.75 Å². The van der Waals surface area contributed by atoms with E-state index in [9.17, 15) is 19.2 Å². The van der Waals surface area contributed by atoms with E-state index in [-0.39, 0.29) is 35.8 Å². The zero-order valence-corrected chi connectivity index (χ0v) is 22.6. The fourth-order valence-corrected chi connectivity index (χ4v) is 6.30. The van der Waals surface area contributed by atoms with Crippen LogP contribution in [0.3, 0.4) is 0 Å². The minimum atomic E-state index is -0.838. The van der Waals surface area contributed by atoms with Crippen LogP contribution < -0.4 is 15.0 Å². The number of aromatic nitrogens is 1. The highest BCUT2D eigenvalue weighted by Crippen LogP contribution is 2.38. The van der Waals surface area contributed by atoms with Gasteiger partial charge < -0.3 is 15.0 Å². The minimum Gasteiger partial charge on any atom is -0.475 e. The van der Waals surface area contributed by atoms with Gasteiger partial charge in [0.2, 0.25) is 23.7 Å². The van der Waals surface area contributed by atoms with Gasteiger partial charge in [-0.2, -0.15) is 0 Å². The number of piperidine rings is 1. The predicted molar refractivity (Wildman–Crippen MR) is 145 cm³/mol. The number of hydrogen-bond donors (Lipinski definition) is 1. The van der Waals surface area contributed by atoms with Gasteiger partial charge in [-0.25, -0.2) is 4.98 Å². The molecular weight excluding hydrogens is 524 g/mol. The molecule has 4 heterocycles. The van der Waals surface area contributed by atoms with Crippen LogP contribution in [0.1, 0.15) is 57.5 Å². The van der Waals surface area contributed by atoms with Crippen molar-refractivity contribution < 1.29 is 23.9 Å². The van der Waals surface area contributed by atoms with Crippen molar-refractivity contribution in [1.29, 1.82) is 0 Å². The van der Waals surface area contributed by atoms with E-state index < -0.39 is 6.10 Å². The third kappa shape index (κ3) is 5.34. The maximum atomic E-state index is 13.4. The highest BCUT2D eigenvalue weighted by atomic mass is 32.1. The third-order valence-corrected chi connectivity index (χ3v) is 8.60. The van der Waals surface area contributed by atoms with E-state index in [1.165, 1.54) is 22.7 Å². The number of likely N-dealkylation sites (tertiary alicyclic amines) is 1. The zero-order chi connectivity index (χ0) is 26.6. The maximum Gasteiger partial charge on any atom is 0.270 e. The van der Waals surface area contributed by atoms with Gasteiger partial charge in [0.15, 0.2) is 5.13 Å². The largest absolute Gasteiger partial charge is 0.475 e. The summed E-state index contributed by atoms with van der Waals surface area (Å²) in [6.45, 7) is 1.43. The summed E-state index contributed by atoms with van der Waals surface area (Å²) in [4.78, 5) is 59.5. The normalized spacial score (nSPS) is 17.1. The van der Waals surface area contributed by atoms with Crippen molar-refractivity contribution in [2.24, 2.45) is 5.92 Å². The SMILES string of the molecule is CNC(=O)C1CCN(C(=O)CCCN(C(=O)c2cccs2)c2nc(C3Oc4ccccc4C3=O)cs2)CC1. The fourth-order valence-electron chi connectivity index (χ4n) is 4.77. The van der Waals surface area contributed by atoms with Crippen LogP contribution in [0.25, 0.3) is 0 Å². The number of fused-ring (bicyclic) bond motifs is 1. The monoisotopic (exact) mass is 552 g/mol. The first-order valence-corrected chi connectivity index (χ1v) is 14.3. The molecule has 11 heteroatoms. The van der Waals surface area contributed by atoms with Gasteiger partial charge in [0.1, 0.15) is 11.4 Å². The lowest BCUT2D eigenvalue weighted by atomic mass is 9.96. The average molecular weight is 553 g/mol. The Morgan fingerprint density at radius 2 is 1.92 bits per heavy atom. The molecule has 198 valence electrons. The Kier molecular flexibility index (Phi) is 7.85. The molecule has 3 amide bonds. The molecule has 1 fully saturated rings. The molecule has 0 aliphatic carbocycles. The number of amides is 3. The number of ether oxygens (including phenoxy) is 1. The van der Waals surface area contributed by atoms with Crippen molar-refractivity contribution in [2.45, 2.75) is 31.8 Å². The van der Waals surface area contributed by atoms with Gasteiger partial charge >= 0.3 is 0 Å². The number of nitrogens with zero attached hydrogens (tertiary/aromatic N) is 3. The zero-order valence-electron chi connectivity index (χ0n) is 20.9. The highest BCUT2D eigenvalue weighted by Gasteiger charge is 2.36. The second kappa shape index (κ2) is 11.4. The molecule has 38 heavy (non-hydrogen) atoms. The fraction of sp³-hybridized carbons (Fsp3) is 0.370. The molecule has 2 aromatic heterocycles. The number of thiophene rings is 1. The number of hydrogen-bond acceptors (Lipinski definition) is 8. The van der Waals surface area contributed by atoms with Crippen LogP contribution in [0.15, 0.2) is 47.2 Å². The van der Waals surface area contributed by atoms with Crippen molar-refractivity contribution in [2.75, 3.05) is 31.6 Å². The van der Waals surface area contributed by atoms with Crippen molar-refractivity contribution in [3.8, 4) is 5.75 Å². The van der Waals surface area contributed by atoms with Crippen molar-refractivity contribution in [1.82, 2.24) is 15.2 Å². The Labute approximate surface area is 228 Å². The number of carbonyl (C=O) groups is 4. The van der Waals surface area contributed by atoms with Crippen molar-refractivity contribution in [3.63, 3.8) is 0 Å². The molecule has 0 radical (unpaired) electrons. The number of thiazole rings is 1. The number of ketones is 1. The molecule has 3 aromatic rings. The predicted octanol–water partition coefficient (Wildman–Crippen LogP) is 3.93. The lowest BCUT2D eigenvalue weighted by Gasteiger charge is -2.31. The minimum absolute atomic E-state index is 0.0198. The number of benzene rings is 1. The Morgan fingerprint density at radius 3 is 2.63 bits per heavy atom. The van der Waals surface area contributed by atoms with Gasteiger partial charge in [0.25, 0.3) is 5.91 Å². The smallest absolute Gasteiger partial charge is 0.270 e. The van der Waals surface area contributed by atoms with E-state index in [4.69, 9.17) is 4.74 Å². The number of nitrogens with one attached hydrogen (secondary N) is 1. The standard InChI is InChI=1S/C27H28N4O5S2/c1-28-25(34)17-10-13-30(14-11-17)22(32)9-4-12-31(26(35)21-8-5-15-37-21)27-29-19(16-38-27)24-23(33)18-6-2-3-7-20(18)36-24/h2-3,5-8,15-17,24H,4,9-14H2,1H3,(H,28,34). The molecule has 0 saturated carbocycles. The van der Waals surface area contributed by atoms with Crippen LogP contribution in [-0.2, 0) is 9.59 Å². The summed E-state index contributed by atoms with van der Waals surface area (Å²) in [6.07, 6.45) is 1.22. The molecule has 1 atom stereocenters. The number of para-hydroxylation sites is 1. The van der Waals surface area contributed by atoms with Crippen LogP contribution in [0.2, 0.25) is 0 Å². The first-order valence-electron chi connectivity index (χ1n) is 12.6.